The monoisotopic (exact) mass is 281 g/mol. The van der Waals surface area contributed by atoms with Crippen molar-refractivity contribution in [3.05, 3.63) is 60.2 Å². The summed E-state index contributed by atoms with van der Waals surface area (Å²) < 4.78 is 0. The minimum Gasteiger partial charge on any atom is -0.317 e. The molecule has 2 aromatic rings. The molecule has 0 aliphatic carbocycles. The van der Waals surface area contributed by atoms with Crippen molar-refractivity contribution in [3.8, 4) is 11.1 Å². The van der Waals surface area contributed by atoms with Crippen LogP contribution in [0.3, 0.4) is 0 Å². The van der Waals surface area contributed by atoms with E-state index in [1.54, 1.807) is 0 Å². The second-order valence-electron chi connectivity index (χ2n) is 5.75. The molecule has 1 atom stereocenters. The normalized spacial score (nSPS) is 12.3. The Labute approximate surface area is 129 Å². The van der Waals surface area contributed by atoms with Crippen molar-refractivity contribution in [2.24, 2.45) is 0 Å². The minimum atomic E-state index is 0.579. The van der Waals surface area contributed by atoms with Gasteiger partial charge in [-0.2, -0.15) is 0 Å². The summed E-state index contributed by atoms with van der Waals surface area (Å²) >= 11 is 0. The van der Waals surface area contributed by atoms with Crippen LogP contribution in [-0.4, -0.2) is 13.1 Å². The molecule has 1 unspecified atom stereocenters. The van der Waals surface area contributed by atoms with E-state index in [0.717, 1.165) is 13.1 Å². The smallest absolute Gasteiger partial charge is 0.00432 e. The second-order valence-corrected chi connectivity index (χ2v) is 5.75. The van der Waals surface area contributed by atoms with E-state index in [-0.39, 0.29) is 0 Å². The van der Waals surface area contributed by atoms with E-state index in [9.17, 15) is 0 Å². The third-order valence-corrected chi connectivity index (χ3v) is 4.04. The summed E-state index contributed by atoms with van der Waals surface area (Å²) in [6.07, 6.45) is 3.72. The van der Waals surface area contributed by atoms with Gasteiger partial charge in [-0.15, -0.1) is 0 Å². The van der Waals surface area contributed by atoms with Crippen LogP contribution in [0.4, 0.5) is 0 Å². The zero-order chi connectivity index (χ0) is 14.9. The van der Waals surface area contributed by atoms with Crippen LogP contribution in [0.2, 0.25) is 0 Å². The van der Waals surface area contributed by atoms with Gasteiger partial charge in [-0.1, -0.05) is 74.9 Å². The Kier molecular flexibility index (Phi) is 6.49. The van der Waals surface area contributed by atoms with Crippen LogP contribution in [0.15, 0.2) is 54.6 Å². The van der Waals surface area contributed by atoms with Crippen molar-refractivity contribution < 1.29 is 0 Å². The van der Waals surface area contributed by atoms with Gasteiger partial charge in [0.1, 0.15) is 0 Å². The van der Waals surface area contributed by atoms with E-state index < -0.39 is 0 Å². The molecule has 0 radical (unpaired) electrons. The average Bonchev–Trinajstić information content (AvgIpc) is 2.55. The predicted octanol–water partition coefficient (Wildman–Crippen LogP) is 5.24. The first-order chi connectivity index (χ1) is 10.3. The van der Waals surface area contributed by atoms with Gasteiger partial charge in [0.15, 0.2) is 0 Å². The summed E-state index contributed by atoms with van der Waals surface area (Å²) in [7, 11) is 0. The molecule has 1 N–H and O–H groups in total. The van der Waals surface area contributed by atoms with Gasteiger partial charge in [0, 0.05) is 0 Å². The highest BCUT2D eigenvalue weighted by atomic mass is 14.8. The van der Waals surface area contributed by atoms with Crippen molar-refractivity contribution in [2.75, 3.05) is 13.1 Å². The largest absolute Gasteiger partial charge is 0.317 e. The fraction of sp³-hybridized carbons (Fsp3) is 0.400. The molecular weight excluding hydrogens is 254 g/mol. The minimum absolute atomic E-state index is 0.579. The first-order valence-corrected chi connectivity index (χ1v) is 8.18. The van der Waals surface area contributed by atoms with Crippen LogP contribution in [0.5, 0.6) is 0 Å². The maximum atomic E-state index is 3.55. The Hall–Kier alpha value is -1.60. The standard InChI is InChI=1S/C20H27N/c1-3-4-15-21-16-14-17(2)19-12-8-9-13-20(19)18-10-6-5-7-11-18/h5-13,17,21H,3-4,14-16H2,1-2H3. The molecule has 1 heteroatoms. The van der Waals surface area contributed by atoms with E-state index >= 15 is 0 Å². The molecule has 0 bridgehead atoms. The van der Waals surface area contributed by atoms with Gasteiger partial charge in [0.2, 0.25) is 0 Å². The zero-order valence-electron chi connectivity index (χ0n) is 13.3. The summed E-state index contributed by atoms with van der Waals surface area (Å²) in [6, 6.07) is 19.5. The molecule has 0 aliphatic heterocycles. The topological polar surface area (TPSA) is 12.0 Å². The fourth-order valence-corrected chi connectivity index (χ4v) is 2.71. The van der Waals surface area contributed by atoms with E-state index in [1.165, 1.54) is 36.0 Å². The Morgan fingerprint density at radius 3 is 2.38 bits per heavy atom. The van der Waals surface area contributed by atoms with Gasteiger partial charge in [0.25, 0.3) is 0 Å². The van der Waals surface area contributed by atoms with Gasteiger partial charge in [-0.25, -0.2) is 0 Å². The summed E-state index contributed by atoms with van der Waals surface area (Å²) in [5.74, 6) is 0.579. The Morgan fingerprint density at radius 2 is 1.62 bits per heavy atom. The fourth-order valence-electron chi connectivity index (χ4n) is 2.71. The quantitative estimate of drug-likeness (QED) is 0.653. The lowest BCUT2D eigenvalue weighted by atomic mass is 9.90. The van der Waals surface area contributed by atoms with Crippen molar-refractivity contribution in [3.63, 3.8) is 0 Å². The van der Waals surface area contributed by atoms with Gasteiger partial charge >= 0.3 is 0 Å². The Morgan fingerprint density at radius 1 is 0.905 bits per heavy atom. The molecule has 0 aliphatic rings. The van der Waals surface area contributed by atoms with Crippen LogP contribution in [0.1, 0.15) is 44.6 Å². The molecule has 0 fully saturated rings. The average molecular weight is 281 g/mol. The van der Waals surface area contributed by atoms with Crippen molar-refractivity contribution >= 4 is 0 Å². The second kappa shape index (κ2) is 8.63. The van der Waals surface area contributed by atoms with Crippen LogP contribution >= 0.6 is 0 Å². The molecule has 0 saturated heterocycles. The third kappa shape index (κ3) is 4.71. The summed E-state index contributed by atoms with van der Waals surface area (Å²) in [5.41, 5.74) is 4.15. The lowest BCUT2D eigenvalue weighted by molar-refractivity contribution is 0.578. The van der Waals surface area contributed by atoms with Gasteiger partial charge < -0.3 is 5.32 Å². The lowest BCUT2D eigenvalue weighted by Gasteiger charge is -2.17. The van der Waals surface area contributed by atoms with Gasteiger partial charge in [0.05, 0.1) is 0 Å². The van der Waals surface area contributed by atoms with E-state index in [4.69, 9.17) is 0 Å². The number of benzene rings is 2. The molecule has 1 nitrogen and oxygen atoms in total. The number of rotatable bonds is 8. The molecule has 2 rings (SSSR count). The molecule has 21 heavy (non-hydrogen) atoms. The number of hydrogen-bond donors (Lipinski definition) is 1. The molecule has 0 heterocycles. The Balaban J connectivity index is 2.02. The SMILES string of the molecule is CCCCNCCC(C)c1ccccc1-c1ccccc1. The number of nitrogens with one attached hydrogen (secondary N) is 1. The van der Waals surface area contributed by atoms with Gasteiger partial charge in [-0.05, 0) is 48.5 Å². The van der Waals surface area contributed by atoms with Crippen LogP contribution < -0.4 is 5.32 Å². The summed E-state index contributed by atoms with van der Waals surface area (Å²) in [6.45, 7) is 6.82. The molecule has 2 aromatic carbocycles. The Bertz CT molecular complexity index is 518. The summed E-state index contributed by atoms with van der Waals surface area (Å²) in [5, 5.41) is 3.55. The first-order valence-electron chi connectivity index (χ1n) is 8.18. The van der Waals surface area contributed by atoms with Crippen LogP contribution in [-0.2, 0) is 0 Å². The molecule has 0 spiro atoms. The number of hydrogen-bond acceptors (Lipinski definition) is 1. The van der Waals surface area contributed by atoms with Crippen molar-refractivity contribution in [1.82, 2.24) is 5.32 Å². The van der Waals surface area contributed by atoms with Crippen LogP contribution in [0, 0.1) is 0 Å². The lowest BCUT2D eigenvalue weighted by Crippen LogP contribution is -2.18. The maximum Gasteiger partial charge on any atom is -0.00432 e. The van der Waals surface area contributed by atoms with Crippen molar-refractivity contribution in [2.45, 2.75) is 39.0 Å². The highest BCUT2D eigenvalue weighted by Crippen LogP contribution is 2.30. The predicted molar refractivity (Wildman–Crippen MR) is 92.7 cm³/mol. The molecule has 0 saturated carbocycles. The van der Waals surface area contributed by atoms with Crippen molar-refractivity contribution in [1.29, 1.82) is 0 Å². The maximum absolute atomic E-state index is 3.55. The van der Waals surface area contributed by atoms with Gasteiger partial charge in [-0.3, -0.25) is 0 Å². The van der Waals surface area contributed by atoms with E-state index in [2.05, 4.69) is 73.8 Å². The molecule has 0 aromatic heterocycles. The number of unbranched alkanes of at least 4 members (excludes halogenated alkanes) is 1. The molecular formula is C20H27N. The highest BCUT2D eigenvalue weighted by molar-refractivity contribution is 5.67. The summed E-state index contributed by atoms with van der Waals surface area (Å²) in [4.78, 5) is 0. The van der Waals surface area contributed by atoms with E-state index in [1.807, 2.05) is 0 Å². The first kappa shape index (κ1) is 15.8. The highest BCUT2D eigenvalue weighted by Gasteiger charge is 2.11. The molecule has 112 valence electrons. The third-order valence-electron chi connectivity index (χ3n) is 4.04. The molecule has 0 amide bonds. The van der Waals surface area contributed by atoms with E-state index in [0.29, 0.717) is 5.92 Å². The zero-order valence-corrected chi connectivity index (χ0v) is 13.3. The van der Waals surface area contributed by atoms with Crippen LogP contribution in [0.25, 0.3) is 11.1 Å².